The summed E-state index contributed by atoms with van der Waals surface area (Å²) < 4.78 is 23.9. The van der Waals surface area contributed by atoms with Gasteiger partial charge in [0.15, 0.2) is 0 Å². The van der Waals surface area contributed by atoms with Crippen LogP contribution in [-0.2, 0) is 4.74 Å². The molecule has 0 fully saturated rings. The summed E-state index contributed by atoms with van der Waals surface area (Å²) >= 11 is 0. The molecule has 2 amide bonds. The molecule has 0 radical (unpaired) electrons. The van der Waals surface area contributed by atoms with Crippen LogP contribution in [-0.4, -0.2) is 50.4 Å². The normalized spacial score (nSPS) is 10.5. The van der Waals surface area contributed by atoms with Gasteiger partial charge in [-0.05, 0) is 42.5 Å². The summed E-state index contributed by atoms with van der Waals surface area (Å²) in [6, 6.07) is 13.8. The Labute approximate surface area is 180 Å². The number of ether oxygens (including phenoxy) is 2. The van der Waals surface area contributed by atoms with Crippen LogP contribution in [0.5, 0.6) is 5.75 Å². The van der Waals surface area contributed by atoms with Crippen molar-refractivity contribution in [2.24, 2.45) is 0 Å². The second kappa shape index (κ2) is 10.4. The van der Waals surface area contributed by atoms with Gasteiger partial charge in [-0.2, -0.15) is 4.98 Å². The SMILES string of the molecule is COCCN(C)c1nccc(N(C(=O)Nc2cccc(F)c2)c2ccc(OC)cc2)n1. The zero-order valence-corrected chi connectivity index (χ0v) is 17.6. The van der Waals surface area contributed by atoms with Crippen LogP contribution in [0.25, 0.3) is 0 Å². The first kappa shape index (κ1) is 22.0. The van der Waals surface area contributed by atoms with Crippen molar-refractivity contribution < 1.29 is 18.7 Å². The molecule has 0 unspecified atom stereocenters. The zero-order valence-electron chi connectivity index (χ0n) is 17.6. The molecule has 1 aromatic heterocycles. The third kappa shape index (κ3) is 5.67. The highest BCUT2D eigenvalue weighted by molar-refractivity contribution is 6.06. The first-order valence-corrected chi connectivity index (χ1v) is 9.55. The van der Waals surface area contributed by atoms with Crippen molar-refractivity contribution in [2.45, 2.75) is 0 Å². The lowest BCUT2D eigenvalue weighted by atomic mass is 10.2. The van der Waals surface area contributed by atoms with Crippen molar-refractivity contribution in [3.8, 4) is 5.75 Å². The van der Waals surface area contributed by atoms with E-state index >= 15 is 0 Å². The molecule has 3 rings (SSSR count). The molecule has 0 spiro atoms. The second-order valence-corrected chi connectivity index (χ2v) is 6.60. The number of hydrogen-bond acceptors (Lipinski definition) is 6. The average molecular weight is 425 g/mol. The molecule has 0 saturated carbocycles. The van der Waals surface area contributed by atoms with Gasteiger partial charge >= 0.3 is 6.03 Å². The number of nitrogens with one attached hydrogen (secondary N) is 1. The van der Waals surface area contributed by atoms with Crippen LogP contribution in [0.4, 0.5) is 32.3 Å². The van der Waals surface area contributed by atoms with Gasteiger partial charge in [0.2, 0.25) is 5.95 Å². The van der Waals surface area contributed by atoms with Gasteiger partial charge in [-0.15, -0.1) is 0 Å². The maximum atomic E-state index is 13.6. The van der Waals surface area contributed by atoms with Gasteiger partial charge in [-0.3, -0.25) is 0 Å². The monoisotopic (exact) mass is 425 g/mol. The van der Waals surface area contributed by atoms with E-state index in [9.17, 15) is 9.18 Å². The summed E-state index contributed by atoms with van der Waals surface area (Å²) in [5.74, 6) is 0.995. The Morgan fingerprint density at radius 3 is 2.58 bits per heavy atom. The molecule has 0 saturated heterocycles. The van der Waals surface area contributed by atoms with Gasteiger partial charge in [-0.1, -0.05) is 6.07 Å². The minimum atomic E-state index is -0.500. The molecule has 8 nitrogen and oxygen atoms in total. The van der Waals surface area contributed by atoms with Crippen LogP contribution >= 0.6 is 0 Å². The van der Waals surface area contributed by atoms with E-state index in [0.29, 0.717) is 42.0 Å². The average Bonchev–Trinajstić information content (AvgIpc) is 2.78. The van der Waals surface area contributed by atoms with Crippen molar-refractivity contribution in [2.75, 3.05) is 49.5 Å². The lowest BCUT2D eigenvalue weighted by Gasteiger charge is -2.24. The molecule has 0 aliphatic rings. The minimum Gasteiger partial charge on any atom is -0.497 e. The summed E-state index contributed by atoms with van der Waals surface area (Å²) in [7, 11) is 5.02. The number of nitrogens with zero attached hydrogens (tertiary/aromatic N) is 4. The number of urea groups is 1. The van der Waals surface area contributed by atoms with E-state index in [0.717, 1.165) is 0 Å². The van der Waals surface area contributed by atoms with Crippen LogP contribution < -0.4 is 19.9 Å². The van der Waals surface area contributed by atoms with E-state index < -0.39 is 11.8 Å². The minimum absolute atomic E-state index is 0.329. The number of rotatable bonds is 8. The Hall–Kier alpha value is -3.72. The van der Waals surface area contributed by atoms with Gasteiger partial charge in [-0.25, -0.2) is 19.1 Å². The molecule has 0 atom stereocenters. The summed E-state index contributed by atoms with van der Waals surface area (Å²) in [6.07, 6.45) is 1.58. The maximum Gasteiger partial charge on any atom is 0.332 e. The highest BCUT2D eigenvalue weighted by Gasteiger charge is 2.21. The largest absolute Gasteiger partial charge is 0.497 e. The molecule has 0 aliphatic heterocycles. The third-order valence-corrected chi connectivity index (χ3v) is 4.44. The lowest BCUT2D eigenvalue weighted by molar-refractivity contribution is 0.206. The number of amides is 2. The summed E-state index contributed by atoms with van der Waals surface area (Å²) in [5, 5.41) is 2.71. The number of anilines is 4. The number of methoxy groups -OCH3 is 2. The van der Waals surface area contributed by atoms with Crippen LogP contribution in [0, 0.1) is 5.82 Å². The van der Waals surface area contributed by atoms with E-state index in [1.807, 2.05) is 11.9 Å². The highest BCUT2D eigenvalue weighted by atomic mass is 19.1. The number of aromatic nitrogens is 2. The molecule has 9 heteroatoms. The second-order valence-electron chi connectivity index (χ2n) is 6.60. The fourth-order valence-corrected chi connectivity index (χ4v) is 2.81. The van der Waals surface area contributed by atoms with Crippen molar-refractivity contribution in [1.82, 2.24) is 9.97 Å². The van der Waals surface area contributed by atoms with Crippen molar-refractivity contribution in [3.05, 3.63) is 66.6 Å². The smallest absolute Gasteiger partial charge is 0.332 e. The van der Waals surface area contributed by atoms with Crippen molar-refractivity contribution >= 4 is 29.2 Å². The van der Waals surface area contributed by atoms with E-state index in [2.05, 4.69) is 15.3 Å². The third-order valence-electron chi connectivity index (χ3n) is 4.44. The van der Waals surface area contributed by atoms with E-state index in [1.165, 1.54) is 23.1 Å². The summed E-state index contributed by atoms with van der Waals surface area (Å²) in [4.78, 5) is 25.2. The van der Waals surface area contributed by atoms with E-state index in [-0.39, 0.29) is 0 Å². The van der Waals surface area contributed by atoms with Gasteiger partial charge in [0, 0.05) is 38.7 Å². The molecule has 2 aromatic carbocycles. The molecule has 162 valence electrons. The Morgan fingerprint density at radius 2 is 1.90 bits per heavy atom. The van der Waals surface area contributed by atoms with Gasteiger partial charge < -0.3 is 19.7 Å². The number of likely N-dealkylation sites (N-methyl/N-ethyl adjacent to an activating group) is 1. The predicted molar refractivity (Wildman–Crippen MR) is 118 cm³/mol. The van der Waals surface area contributed by atoms with Gasteiger partial charge in [0.25, 0.3) is 0 Å². The van der Waals surface area contributed by atoms with E-state index in [4.69, 9.17) is 9.47 Å². The van der Waals surface area contributed by atoms with E-state index in [1.54, 1.807) is 56.8 Å². The lowest BCUT2D eigenvalue weighted by Crippen LogP contribution is -2.32. The van der Waals surface area contributed by atoms with Crippen LogP contribution in [0.3, 0.4) is 0 Å². The number of halogens is 1. The maximum absolute atomic E-state index is 13.6. The number of carbonyl (C=O) groups excluding carboxylic acids is 1. The zero-order chi connectivity index (χ0) is 22.2. The van der Waals surface area contributed by atoms with Crippen LogP contribution in [0.1, 0.15) is 0 Å². The molecular formula is C22H24FN5O3. The standard InChI is InChI=1S/C22H24FN5O3/c1-27(13-14-30-2)21-24-12-11-20(26-21)28(18-7-9-19(31-3)10-8-18)22(29)25-17-6-4-5-16(23)15-17/h4-12,15H,13-14H2,1-3H3,(H,25,29). The summed E-state index contributed by atoms with van der Waals surface area (Å²) in [5.41, 5.74) is 0.883. The van der Waals surface area contributed by atoms with Crippen LogP contribution in [0.2, 0.25) is 0 Å². The Balaban J connectivity index is 1.96. The Kier molecular flexibility index (Phi) is 7.34. The Morgan fingerprint density at radius 1 is 1.13 bits per heavy atom. The molecule has 3 aromatic rings. The first-order chi connectivity index (χ1) is 15.0. The molecule has 0 bridgehead atoms. The highest BCUT2D eigenvalue weighted by Crippen LogP contribution is 2.28. The van der Waals surface area contributed by atoms with Crippen LogP contribution in [0.15, 0.2) is 60.8 Å². The number of carbonyl (C=O) groups is 1. The quantitative estimate of drug-likeness (QED) is 0.586. The van der Waals surface area contributed by atoms with Crippen molar-refractivity contribution in [1.29, 1.82) is 0 Å². The van der Waals surface area contributed by atoms with Gasteiger partial charge in [0.1, 0.15) is 17.4 Å². The Bertz CT molecular complexity index is 1020. The predicted octanol–water partition coefficient (Wildman–Crippen LogP) is 4.08. The molecule has 31 heavy (non-hydrogen) atoms. The number of hydrogen-bond donors (Lipinski definition) is 1. The molecular weight excluding hydrogens is 401 g/mol. The molecule has 0 aliphatic carbocycles. The van der Waals surface area contributed by atoms with Gasteiger partial charge in [0.05, 0.1) is 19.4 Å². The fourth-order valence-electron chi connectivity index (χ4n) is 2.81. The summed E-state index contributed by atoms with van der Waals surface area (Å²) in [6.45, 7) is 1.09. The number of benzene rings is 2. The topological polar surface area (TPSA) is 79.8 Å². The van der Waals surface area contributed by atoms with Crippen molar-refractivity contribution in [3.63, 3.8) is 0 Å². The molecule has 1 N–H and O–H groups in total. The fraction of sp³-hybridized carbons (Fsp3) is 0.227. The molecule has 1 heterocycles. The first-order valence-electron chi connectivity index (χ1n) is 9.55.